The SMILES string of the molecule is CO[C@@H]1C[C@H](O[C@H]2CC[C@@]3(C)[C@@H](CC[C@]45CCC(C6COC(=O)C6)[C@@](C)(CC[C@@H]43)C5=O)[C@H]2OC(C)=O)O[C@@H](C)[C@@H]1O[C@@H]1O[C@H](CO)[C@@H](O)[C@H](O)[C@H]1O. The van der Waals surface area contributed by atoms with E-state index in [2.05, 4.69) is 13.8 Å². The van der Waals surface area contributed by atoms with Gasteiger partial charge < -0.3 is 53.6 Å². The average Bonchev–Trinajstić information content (AvgIpc) is 3.53. The molecular weight excluding hydrogens is 680 g/mol. The fourth-order valence-electron chi connectivity index (χ4n) is 12.2. The molecule has 7 aliphatic rings. The lowest BCUT2D eigenvalue weighted by molar-refractivity contribution is -0.347. The molecule has 14 nitrogen and oxygen atoms in total. The Morgan fingerprint density at radius 3 is 2.27 bits per heavy atom. The number of ketones is 1. The van der Waals surface area contributed by atoms with Gasteiger partial charge in [-0.2, -0.15) is 0 Å². The van der Waals surface area contributed by atoms with E-state index in [1.54, 1.807) is 6.92 Å². The predicted molar refractivity (Wildman–Crippen MR) is 179 cm³/mol. The van der Waals surface area contributed by atoms with E-state index in [0.717, 1.165) is 44.9 Å². The Morgan fingerprint density at radius 1 is 0.885 bits per heavy atom. The van der Waals surface area contributed by atoms with Crippen LogP contribution in [0.5, 0.6) is 0 Å². The van der Waals surface area contributed by atoms with Crippen molar-refractivity contribution in [3.63, 3.8) is 0 Å². The summed E-state index contributed by atoms with van der Waals surface area (Å²) in [6, 6.07) is 0. The van der Waals surface area contributed by atoms with Gasteiger partial charge in [0.25, 0.3) is 0 Å². The lowest BCUT2D eigenvalue weighted by Crippen LogP contribution is -2.67. The number of Topliss-reactive ketones (excluding diaryl/α,β-unsaturated/α-hetero) is 1. The molecule has 0 aromatic carbocycles. The van der Waals surface area contributed by atoms with Crippen LogP contribution in [0.2, 0.25) is 0 Å². The monoisotopic (exact) mass is 738 g/mol. The molecule has 52 heavy (non-hydrogen) atoms. The molecule has 7 fully saturated rings. The quantitative estimate of drug-likeness (QED) is 0.208. The van der Waals surface area contributed by atoms with Crippen molar-refractivity contribution >= 4 is 17.7 Å². The normalized spacial score (nSPS) is 52.0. The highest BCUT2D eigenvalue weighted by molar-refractivity contribution is 5.92. The van der Waals surface area contributed by atoms with E-state index in [-0.39, 0.29) is 47.4 Å². The molecule has 3 heterocycles. The maximum Gasteiger partial charge on any atom is 0.306 e. The van der Waals surface area contributed by atoms with Crippen LogP contribution in [0.1, 0.15) is 91.9 Å². The molecule has 0 aromatic heterocycles. The molecule has 2 unspecified atom stereocenters. The van der Waals surface area contributed by atoms with Gasteiger partial charge in [-0.3, -0.25) is 14.4 Å². The number of aliphatic hydroxyl groups excluding tert-OH is 4. The minimum Gasteiger partial charge on any atom is -0.465 e. The van der Waals surface area contributed by atoms with E-state index in [9.17, 15) is 34.8 Å². The van der Waals surface area contributed by atoms with Gasteiger partial charge in [0.2, 0.25) is 0 Å². The first-order chi connectivity index (χ1) is 24.7. The standard InChI is InChI=1S/C38H58O14/c1-18-32(52-34-31(44)30(43)29(42)25(16-39)51-34)24(46-5)15-28(48-18)50-23-8-10-36(3)22(33(23)49-19(2)40)7-13-38-12-6-21(20-14-27(41)47-17-20)37(4,35(38)45)11-9-26(36)38/h18,20-26,28-34,39,42-44H,6-17H2,1-5H3/t18-,20?,21?,22-,23-,24+,25+,26+,28-,29+,30-,31+,32-,33+,34-,36-,37+,38+/m0/s1. The number of methoxy groups -OCH3 is 1. The van der Waals surface area contributed by atoms with E-state index in [0.29, 0.717) is 25.2 Å². The van der Waals surface area contributed by atoms with E-state index in [4.69, 9.17) is 33.2 Å². The second-order valence-corrected chi connectivity index (χ2v) is 17.3. The summed E-state index contributed by atoms with van der Waals surface area (Å²) in [6.07, 6.45) is -3.76. The maximum absolute atomic E-state index is 14.7. The first-order valence-corrected chi connectivity index (χ1v) is 19.3. The van der Waals surface area contributed by atoms with E-state index >= 15 is 0 Å². The summed E-state index contributed by atoms with van der Waals surface area (Å²) >= 11 is 0. The van der Waals surface area contributed by atoms with Crippen molar-refractivity contribution in [1.82, 2.24) is 0 Å². The number of rotatable bonds is 8. The predicted octanol–water partition coefficient (Wildman–Crippen LogP) is 1.79. The molecule has 4 saturated carbocycles. The number of aliphatic hydroxyl groups is 4. The van der Waals surface area contributed by atoms with Gasteiger partial charge in [-0.1, -0.05) is 13.8 Å². The fourth-order valence-corrected chi connectivity index (χ4v) is 12.2. The Morgan fingerprint density at radius 2 is 1.62 bits per heavy atom. The molecular formula is C38H58O14. The lowest BCUT2D eigenvalue weighted by atomic mass is 9.36. The van der Waals surface area contributed by atoms with Gasteiger partial charge in [0, 0.05) is 43.1 Å². The van der Waals surface area contributed by atoms with Crippen molar-refractivity contribution in [1.29, 1.82) is 0 Å². The van der Waals surface area contributed by atoms with Crippen LogP contribution < -0.4 is 0 Å². The zero-order valence-electron chi connectivity index (χ0n) is 31.0. The van der Waals surface area contributed by atoms with Crippen LogP contribution in [0.25, 0.3) is 0 Å². The second kappa shape index (κ2) is 14.4. The van der Waals surface area contributed by atoms with Gasteiger partial charge in [0.05, 0.1) is 37.9 Å². The summed E-state index contributed by atoms with van der Waals surface area (Å²) in [5, 5.41) is 40.6. The third kappa shape index (κ3) is 6.25. The third-order valence-electron chi connectivity index (χ3n) is 14.7. The summed E-state index contributed by atoms with van der Waals surface area (Å²) in [6.45, 7) is 7.46. The minimum absolute atomic E-state index is 0.0111. The Labute approximate surface area is 305 Å². The number of hydrogen-bond donors (Lipinski definition) is 4. The molecule has 0 radical (unpaired) electrons. The molecule has 0 amide bonds. The molecule has 1 spiro atoms. The van der Waals surface area contributed by atoms with Gasteiger partial charge >= 0.3 is 11.9 Å². The molecule has 294 valence electrons. The number of fused-ring (bicyclic) bond motifs is 3. The van der Waals surface area contributed by atoms with Crippen LogP contribution >= 0.6 is 0 Å². The zero-order valence-corrected chi connectivity index (χ0v) is 31.0. The molecule has 3 aliphatic heterocycles. The van der Waals surface area contributed by atoms with Crippen LogP contribution in [0, 0.1) is 39.9 Å². The van der Waals surface area contributed by atoms with E-state index in [1.807, 2.05) is 0 Å². The highest BCUT2D eigenvalue weighted by Crippen LogP contribution is 2.70. The first kappa shape index (κ1) is 38.5. The fraction of sp³-hybridized carbons (Fsp3) is 0.921. The van der Waals surface area contributed by atoms with E-state index < -0.39 is 85.0 Å². The van der Waals surface area contributed by atoms with Crippen LogP contribution in [-0.4, -0.2) is 126 Å². The van der Waals surface area contributed by atoms with Crippen molar-refractivity contribution in [2.75, 3.05) is 20.3 Å². The summed E-state index contributed by atoms with van der Waals surface area (Å²) in [4.78, 5) is 39.4. The van der Waals surface area contributed by atoms with Gasteiger partial charge in [-0.05, 0) is 75.5 Å². The van der Waals surface area contributed by atoms with Gasteiger partial charge in [0.15, 0.2) is 12.6 Å². The molecule has 0 aromatic rings. The number of carbonyl (C=O) groups is 3. The van der Waals surface area contributed by atoms with Crippen LogP contribution in [0.15, 0.2) is 0 Å². The van der Waals surface area contributed by atoms with Crippen LogP contribution in [0.4, 0.5) is 0 Å². The van der Waals surface area contributed by atoms with Crippen molar-refractivity contribution in [2.24, 2.45) is 39.9 Å². The Kier molecular flexibility index (Phi) is 10.7. The first-order valence-electron chi connectivity index (χ1n) is 19.3. The zero-order chi connectivity index (χ0) is 37.3. The molecule has 14 heteroatoms. The maximum atomic E-state index is 14.7. The molecule has 4 aliphatic carbocycles. The molecule has 3 saturated heterocycles. The molecule has 4 N–H and O–H groups in total. The summed E-state index contributed by atoms with van der Waals surface area (Å²) in [5.74, 6) is 0.214. The van der Waals surface area contributed by atoms with Crippen molar-refractivity contribution in [3.05, 3.63) is 0 Å². The van der Waals surface area contributed by atoms with Gasteiger partial charge in [-0.25, -0.2) is 0 Å². The number of hydrogen-bond acceptors (Lipinski definition) is 14. The third-order valence-corrected chi connectivity index (χ3v) is 14.7. The Hall–Kier alpha value is -1.75. The molecule has 2 bridgehead atoms. The Balaban J connectivity index is 1.05. The topological polar surface area (TPSA) is 197 Å². The summed E-state index contributed by atoms with van der Waals surface area (Å²) < 4.78 is 41.9. The second-order valence-electron chi connectivity index (χ2n) is 17.3. The summed E-state index contributed by atoms with van der Waals surface area (Å²) in [7, 11) is 1.53. The number of ether oxygens (including phenoxy) is 7. The lowest BCUT2D eigenvalue weighted by Gasteiger charge is -2.67. The van der Waals surface area contributed by atoms with Crippen LogP contribution in [0.3, 0.4) is 0 Å². The largest absolute Gasteiger partial charge is 0.465 e. The summed E-state index contributed by atoms with van der Waals surface area (Å²) in [5.41, 5.74) is -1.13. The number of cyclic esters (lactones) is 1. The highest BCUT2D eigenvalue weighted by atomic mass is 16.7. The van der Waals surface area contributed by atoms with Gasteiger partial charge in [-0.15, -0.1) is 0 Å². The molecule has 7 rings (SSSR count). The molecule has 18 atom stereocenters. The van der Waals surface area contributed by atoms with E-state index in [1.165, 1.54) is 14.0 Å². The highest BCUT2D eigenvalue weighted by Gasteiger charge is 2.69. The van der Waals surface area contributed by atoms with Crippen LogP contribution in [-0.2, 0) is 47.5 Å². The van der Waals surface area contributed by atoms with Crippen molar-refractivity contribution in [3.8, 4) is 0 Å². The van der Waals surface area contributed by atoms with Crippen molar-refractivity contribution in [2.45, 2.75) is 159 Å². The van der Waals surface area contributed by atoms with Crippen molar-refractivity contribution < 1.29 is 68.0 Å². The number of carbonyl (C=O) groups excluding carboxylic acids is 3. The number of esters is 2. The minimum atomic E-state index is -1.58. The van der Waals surface area contributed by atoms with Gasteiger partial charge in [0.1, 0.15) is 42.4 Å². The Bertz CT molecular complexity index is 1360. The average molecular weight is 739 g/mol. The smallest absolute Gasteiger partial charge is 0.306 e.